The van der Waals surface area contributed by atoms with E-state index in [4.69, 9.17) is 23.8 Å². The molecule has 2 aromatic rings. The predicted molar refractivity (Wildman–Crippen MR) is 109 cm³/mol. The van der Waals surface area contributed by atoms with Gasteiger partial charge in [0.15, 0.2) is 4.32 Å². The minimum Gasteiger partial charge on any atom is -0.321 e. The second-order valence-electron chi connectivity index (χ2n) is 5.33. The molecule has 2 aromatic carbocycles. The Balaban J connectivity index is 1.83. The van der Waals surface area contributed by atoms with Crippen molar-refractivity contribution in [3.63, 3.8) is 0 Å². The minimum atomic E-state index is -0.310. The van der Waals surface area contributed by atoms with Crippen molar-refractivity contribution >= 4 is 84.6 Å². The molecular formula is C17H8BrClN2O2S2. The summed E-state index contributed by atoms with van der Waals surface area (Å²) in [5.74, 6) is -0.611. The van der Waals surface area contributed by atoms with Gasteiger partial charge < -0.3 is 5.32 Å². The van der Waals surface area contributed by atoms with Crippen molar-refractivity contribution in [2.45, 2.75) is 0 Å². The third-order valence-electron chi connectivity index (χ3n) is 3.81. The molecule has 8 heteroatoms. The van der Waals surface area contributed by atoms with Gasteiger partial charge in [0.25, 0.3) is 11.8 Å². The number of nitrogens with zero attached hydrogens (tertiary/aromatic N) is 1. The SMILES string of the molecule is O=C1Nc2ccc(Br)cc2/C1=C1/SC(=S)N(c2ccc(Cl)cc2)C1=O. The fourth-order valence-electron chi connectivity index (χ4n) is 2.70. The van der Waals surface area contributed by atoms with Crippen LogP contribution in [-0.4, -0.2) is 16.1 Å². The van der Waals surface area contributed by atoms with Crippen molar-refractivity contribution in [3.8, 4) is 0 Å². The van der Waals surface area contributed by atoms with Gasteiger partial charge in [-0.15, -0.1) is 0 Å². The van der Waals surface area contributed by atoms with Crippen molar-refractivity contribution in [3.05, 3.63) is 62.4 Å². The number of thiocarbonyl (C=S) groups is 1. The van der Waals surface area contributed by atoms with E-state index in [2.05, 4.69) is 21.2 Å². The molecule has 1 saturated heterocycles. The summed E-state index contributed by atoms with van der Waals surface area (Å²) >= 11 is 15.8. The van der Waals surface area contributed by atoms with Crippen molar-refractivity contribution in [1.82, 2.24) is 0 Å². The number of amides is 2. The molecule has 0 unspecified atom stereocenters. The van der Waals surface area contributed by atoms with Crippen LogP contribution in [0.15, 0.2) is 51.8 Å². The van der Waals surface area contributed by atoms with Crippen molar-refractivity contribution in [2.24, 2.45) is 0 Å². The van der Waals surface area contributed by atoms with E-state index in [-0.39, 0.29) is 11.8 Å². The summed E-state index contributed by atoms with van der Waals surface area (Å²) in [4.78, 5) is 27.2. The molecule has 0 radical (unpaired) electrons. The lowest BCUT2D eigenvalue weighted by molar-refractivity contribution is -0.114. The molecule has 2 amide bonds. The van der Waals surface area contributed by atoms with Gasteiger partial charge in [0.2, 0.25) is 0 Å². The average Bonchev–Trinajstić information content (AvgIpc) is 3.04. The first-order valence-electron chi connectivity index (χ1n) is 7.13. The summed E-state index contributed by atoms with van der Waals surface area (Å²) in [7, 11) is 0. The first kappa shape index (κ1) is 16.8. The van der Waals surface area contributed by atoms with Crippen LogP contribution in [0.5, 0.6) is 0 Å². The van der Waals surface area contributed by atoms with Crippen LogP contribution < -0.4 is 10.2 Å². The number of nitrogens with one attached hydrogen (secondary N) is 1. The average molecular weight is 452 g/mol. The summed E-state index contributed by atoms with van der Waals surface area (Å²) in [5, 5.41) is 3.36. The van der Waals surface area contributed by atoms with E-state index in [9.17, 15) is 9.59 Å². The van der Waals surface area contributed by atoms with Crippen LogP contribution >= 0.6 is 51.5 Å². The Morgan fingerprint density at radius 3 is 2.56 bits per heavy atom. The number of fused-ring (bicyclic) bond motifs is 1. The van der Waals surface area contributed by atoms with Gasteiger partial charge in [-0.2, -0.15) is 0 Å². The molecule has 0 aromatic heterocycles. The second-order valence-corrected chi connectivity index (χ2v) is 8.33. The third kappa shape index (κ3) is 2.81. The summed E-state index contributed by atoms with van der Waals surface area (Å²) in [6, 6.07) is 12.3. The highest BCUT2D eigenvalue weighted by Crippen LogP contribution is 2.44. The molecule has 0 spiro atoms. The maximum absolute atomic E-state index is 13.0. The van der Waals surface area contributed by atoms with Crippen LogP contribution in [0.3, 0.4) is 0 Å². The number of halogens is 2. The maximum atomic E-state index is 13.0. The Bertz CT molecular complexity index is 989. The highest BCUT2D eigenvalue weighted by atomic mass is 79.9. The largest absolute Gasteiger partial charge is 0.321 e. The van der Waals surface area contributed by atoms with Crippen LogP contribution in [0.4, 0.5) is 11.4 Å². The van der Waals surface area contributed by atoms with E-state index >= 15 is 0 Å². The fourth-order valence-corrected chi connectivity index (χ4v) is 4.56. The van der Waals surface area contributed by atoms with Crippen LogP contribution in [0.25, 0.3) is 5.57 Å². The Hall–Kier alpha value is -1.67. The summed E-state index contributed by atoms with van der Waals surface area (Å²) in [6.07, 6.45) is 0. The molecule has 124 valence electrons. The van der Waals surface area contributed by atoms with Gasteiger partial charge in [-0.3, -0.25) is 14.5 Å². The lowest BCUT2D eigenvalue weighted by Crippen LogP contribution is -2.27. The Kier molecular flexibility index (Phi) is 4.19. The normalized spacial score (nSPS) is 19.4. The number of carbonyl (C=O) groups excluding carboxylic acids is 2. The van der Waals surface area contributed by atoms with Crippen molar-refractivity contribution in [1.29, 1.82) is 0 Å². The minimum absolute atomic E-state index is 0.301. The number of hydrogen-bond donors (Lipinski definition) is 1. The molecule has 0 aliphatic carbocycles. The number of benzene rings is 2. The number of carbonyl (C=O) groups is 2. The second kappa shape index (κ2) is 6.25. The summed E-state index contributed by atoms with van der Waals surface area (Å²) in [6.45, 7) is 0. The van der Waals surface area contributed by atoms with E-state index in [0.29, 0.717) is 36.8 Å². The van der Waals surface area contributed by atoms with Gasteiger partial charge in [0.05, 0.1) is 16.2 Å². The molecule has 25 heavy (non-hydrogen) atoms. The third-order valence-corrected chi connectivity index (χ3v) is 5.93. The zero-order chi connectivity index (χ0) is 17.7. The Morgan fingerprint density at radius 1 is 1.12 bits per heavy atom. The standard InChI is InChI=1S/C17H8BrClN2O2S2/c18-8-1-6-12-11(7-8)13(15(22)20-12)14-16(23)21(17(24)25-14)10-4-2-9(19)3-5-10/h1-7H,(H,20,22)/b14-13-. The molecule has 0 atom stereocenters. The monoisotopic (exact) mass is 450 g/mol. The summed E-state index contributed by atoms with van der Waals surface area (Å²) < 4.78 is 1.21. The topological polar surface area (TPSA) is 49.4 Å². The highest BCUT2D eigenvalue weighted by molar-refractivity contribution is 9.10. The first-order valence-corrected chi connectivity index (χ1v) is 9.52. The van der Waals surface area contributed by atoms with Crippen LogP contribution in [0, 0.1) is 0 Å². The van der Waals surface area contributed by atoms with E-state index in [1.807, 2.05) is 12.1 Å². The highest BCUT2D eigenvalue weighted by Gasteiger charge is 2.40. The lowest BCUT2D eigenvalue weighted by atomic mass is 10.1. The smallest absolute Gasteiger partial charge is 0.271 e. The number of rotatable bonds is 1. The quantitative estimate of drug-likeness (QED) is 0.498. The molecular weight excluding hydrogens is 444 g/mol. The molecule has 2 aliphatic rings. The molecule has 4 nitrogen and oxygen atoms in total. The Morgan fingerprint density at radius 2 is 1.84 bits per heavy atom. The van der Waals surface area contributed by atoms with Gasteiger partial charge in [0.1, 0.15) is 0 Å². The van der Waals surface area contributed by atoms with Gasteiger partial charge >= 0.3 is 0 Å². The molecule has 1 fully saturated rings. The van der Waals surface area contributed by atoms with E-state index in [1.165, 1.54) is 4.90 Å². The van der Waals surface area contributed by atoms with Gasteiger partial charge in [-0.25, -0.2) is 0 Å². The van der Waals surface area contributed by atoms with Gasteiger partial charge in [0, 0.05) is 20.7 Å². The lowest BCUT2D eigenvalue weighted by Gasteiger charge is -2.14. The summed E-state index contributed by atoms with van der Waals surface area (Å²) in [5.41, 5.74) is 2.34. The molecule has 2 heterocycles. The molecule has 0 saturated carbocycles. The Labute approximate surface area is 166 Å². The van der Waals surface area contributed by atoms with Crippen LogP contribution in [0.2, 0.25) is 5.02 Å². The number of anilines is 2. The molecule has 2 aliphatic heterocycles. The van der Waals surface area contributed by atoms with Crippen LogP contribution in [0.1, 0.15) is 5.56 Å². The maximum Gasteiger partial charge on any atom is 0.271 e. The van der Waals surface area contributed by atoms with Crippen molar-refractivity contribution < 1.29 is 9.59 Å². The first-order chi connectivity index (χ1) is 12.0. The number of thioether (sulfide) groups is 1. The van der Waals surface area contributed by atoms with Gasteiger partial charge in [-0.05, 0) is 42.5 Å². The zero-order valence-electron chi connectivity index (χ0n) is 12.4. The zero-order valence-corrected chi connectivity index (χ0v) is 16.4. The van der Waals surface area contributed by atoms with Gasteiger partial charge in [-0.1, -0.05) is 51.5 Å². The predicted octanol–water partition coefficient (Wildman–Crippen LogP) is 4.83. The van der Waals surface area contributed by atoms with Crippen LogP contribution in [-0.2, 0) is 9.59 Å². The number of hydrogen-bond acceptors (Lipinski definition) is 4. The van der Waals surface area contributed by atoms with E-state index in [1.54, 1.807) is 30.3 Å². The van der Waals surface area contributed by atoms with E-state index in [0.717, 1.165) is 16.2 Å². The fraction of sp³-hybridized carbons (Fsp3) is 0. The van der Waals surface area contributed by atoms with E-state index < -0.39 is 0 Å². The molecule has 1 N–H and O–H groups in total. The molecule has 4 rings (SSSR count). The molecule has 0 bridgehead atoms. The van der Waals surface area contributed by atoms with Crippen molar-refractivity contribution in [2.75, 3.05) is 10.2 Å².